The summed E-state index contributed by atoms with van der Waals surface area (Å²) in [5, 5.41) is 7.14. The number of amides is 1. The fraction of sp³-hybridized carbons (Fsp3) is 0.367. The first kappa shape index (κ1) is 24.9. The molecule has 2 fully saturated rings. The Morgan fingerprint density at radius 3 is 2.79 bits per heavy atom. The lowest BCUT2D eigenvalue weighted by Gasteiger charge is -2.11. The molecule has 0 aliphatic heterocycles. The topological polar surface area (TPSA) is 74.6 Å². The highest BCUT2D eigenvalue weighted by Crippen LogP contribution is 2.48. The third-order valence-electron chi connectivity index (χ3n) is 7.46. The van der Waals surface area contributed by atoms with Gasteiger partial charge in [0.2, 0.25) is 5.91 Å². The number of fused-ring (bicyclic) bond motifs is 1. The first-order chi connectivity index (χ1) is 18.4. The predicted molar refractivity (Wildman–Crippen MR) is 152 cm³/mol. The van der Waals surface area contributed by atoms with Gasteiger partial charge < -0.3 is 19.9 Å². The van der Waals surface area contributed by atoms with E-state index in [-0.39, 0.29) is 17.7 Å². The van der Waals surface area contributed by atoms with Gasteiger partial charge in [-0.25, -0.2) is 9.97 Å². The van der Waals surface area contributed by atoms with Crippen molar-refractivity contribution in [3.05, 3.63) is 88.5 Å². The number of carbonyl (C=O) groups excluding carboxylic acids is 1. The van der Waals surface area contributed by atoms with Crippen LogP contribution in [0.5, 0.6) is 0 Å². The Kier molecular flexibility index (Phi) is 6.80. The van der Waals surface area contributed by atoms with Crippen molar-refractivity contribution < 1.29 is 4.79 Å². The van der Waals surface area contributed by atoms with Crippen molar-refractivity contribution in [2.45, 2.75) is 44.1 Å². The molecule has 0 unspecified atom stereocenters. The maximum atomic E-state index is 12.8. The number of hydrogen-bond acceptors (Lipinski definition) is 5. The number of benzene rings is 1. The number of nitrogens with zero attached hydrogens (tertiary/aromatic N) is 4. The van der Waals surface area contributed by atoms with Crippen molar-refractivity contribution in [1.29, 1.82) is 0 Å². The van der Waals surface area contributed by atoms with Gasteiger partial charge in [-0.05, 0) is 86.5 Å². The molecule has 3 aromatic heterocycles. The molecule has 4 aromatic rings. The summed E-state index contributed by atoms with van der Waals surface area (Å²) >= 11 is 6.12. The second-order valence-electron chi connectivity index (χ2n) is 10.9. The highest BCUT2D eigenvalue weighted by molar-refractivity contribution is 6.30. The van der Waals surface area contributed by atoms with Crippen molar-refractivity contribution >= 4 is 34.7 Å². The maximum absolute atomic E-state index is 12.8. The summed E-state index contributed by atoms with van der Waals surface area (Å²) in [6, 6.07) is 13.9. The van der Waals surface area contributed by atoms with Gasteiger partial charge in [-0.1, -0.05) is 29.8 Å². The summed E-state index contributed by atoms with van der Waals surface area (Å²) < 4.78 is 2.19. The van der Waals surface area contributed by atoms with Crippen molar-refractivity contribution in [1.82, 2.24) is 19.3 Å². The monoisotopic (exact) mass is 528 g/mol. The Labute approximate surface area is 228 Å². The third kappa shape index (κ3) is 5.69. The first-order valence-corrected chi connectivity index (χ1v) is 13.7. The number of hydrogen-bond donors (Lipinski definition) is 2. The minimum absolute atomic E-state index is 0.00306. The smallest absolute Gasteiger partial charge is 0.229 e. The molecule has 0 bridgehead atoms. The van der Waals surface area contributed by atoms with Crippen molar-refractivity contribution in [2.24, 2.45) is 5.92 Å². The summed E-state index contributed by atoms with van der Waals surface area (Å²) in [7, 11) is 4.22. The molecule has 2 atom stereocenters. The van der Waals surface area contributed by atoms with Gasteiger partial charge in [0.15, 0.2) is 0 Å². The lowest BCUT2D eigenvalue weighted by atomic mass is 10.1. The third-order valence-corrected chi connectivity index (χ3v) is 7.70. The SMILES string of the molecule is CN(C)CCc1cc(C2CC2)cn2cc(CNc3ccnc(NC(=O)[C@H]4C[C@@H]4c4cccc(Cl)c4)c3)nc12. The standard InChI is InChI=1S/C30H33ClN6O/c1-36(2)11-9-21-12-22(19-6-7-19)17-37-18-25(34-29(21)37)16-33-24-8-10-32-28(14-24)35-30(38)27-15-26(27)20-4-3-5-23(31)13-20/h3-5,8,10,12-14,17-19,26-27H,6-7,9,11,15-16H2,1-2H3,(H2,32,33,35,38)/t26-,27+/m1/s1. The maximum Gasteiger partial charge on any atom is 0.229 e. The van der Waals surface area contributed by atoms with Crippen LogP contribution >= 0.6 is 11.6 Å². The Bertz CT molecular complexity index is 1480. The molecular weight excluding hydrogens is 496 g/mol. The number of nitrogens with one attached hydrogen (secondary N) is 2. The normalized spacial score (nSPS) is 18.6. The van der Waals surface area contributed by atoms with Gasteiger partial charge in [0.1, 0.15) is 11.5 Å². The van der Waals surface area contributed by atoms with Crippen LogP contribution in [0.4, 0.5) is 11.5 Å². The van der Waals surface area contributed by atoms with Crippen molar-refractivity contribution in [3.63, 3.8) is 0 Å². The van der Waals surface area contributed by atoms with E-state index >= 15 is 0 Å². The molecule has 2 saturated carbocycles. The van der Waals surface area contributed by atoms with Gasteiger partial charge in [-0.2, -0.15) is 0 Å². The quantitative estimate of drug-likeness (QED) is 0.275. The highest BCUT2D eigenvalue weighted by Gasteiger charge is 2.44. The molecule has 0 spiro atoms. The molecule has 7 nitrogen and oxygen atoms in total. The van der Waals surface area contributed by atoms with E-state index in [1.165, 1.54) is 24.0 Å². The molecule has 8 heteroatoms. The number of carbonyl (C=O) groups is 1. The summed E-state index contributed by atoms with van der Waals surface area (Å²) in [5.41, 5.74) is 6.75. The number of rotatable bonds is 10. The minimum atomic E-state index is -0.0490. The second-order valence-corrected chi connectivity index (χ2v) is 11.3. The van der Waals surface area contributed by atoms with E-state index in [4.69, 9.17) is 16.6 Å². The van der Waals surface area contributed by atoms with Gasteiger partial charge in [0.05, 0.1) is 12.2 Å². The van der Waals surface area contributed by atoms with Crippen LogP contribution in [0.2, 0.25) is 5.02 Å². The first-order valence-electron chi connectivity index (χ1n) is 13.3. The number of likely N-dealkylation sites (N-methyl/N-ethyl adjacent to an activating group) is 1. The van der Waals surface area contributed by atoms with Gasteiger partial charge in [0, 0.05) is 47.8 Å². The lowest BCUT2D eigenvalue weighted by molar-refractivity contribution is -0.117. The van der Waals surface area contributed by atoms with E-state index in [0.717, 1.165) is 42.0 Å². The molecule has 2 aliphatic carbocycles. The molecule has 0 radical (unpaired) electrons. The Morgan fingerprint density at radius 2 is 2.00 bits per heavy atom. The summed E-state index contributed by atoms with van der Waals surface area (Å²) in [6.45, 7) is 1.58. The van der Waals surface area contributed by atoms with Crippen LogP contribution in [0.3, 0.4) is 0 Å². The number of anilines is 2. The Hall–Kier alpha value is -3.42. The lowest BCUT2D eigenvalue weighted by Crippen LogP contribution is -2.15. The average Bonchev–Trinajstić information content (AvgIpc) is 3.82. The number of pyridine rings is 2. The van der Waals surface area contributed by atoms with Crippen LogP contribution in [0.15, 0.2) is 61.1 Å². The fourth-order valence-electron chi connectivity index (χ4n) is 5.11. The number of aromatic nitrogens is 3. The summed E-state index contributed by atoms with van der Waals surface area (Å²) in [5.74, 6) is 1.41. The van der Waals surface area contributed by atoms with Gasteiger partial charge >= 0.3 is 0 Å². The minimum Gasteiger partial charge on any atom is -0.379 e. The average molecular weight is 529 g/mol. The molecule has 38 heavy (non-hydrogen) atoms. The zero-order valence-electron chi connectivity index (χ0n) is 21.8. The number of halogens is 1. The van der Waals surface area contributed by atoms with E-state index < -0.39 is 0 Å². The predicted octanol–water partition coefficient (Wildman–Crippen LogP) is 5.72. The van der Waals surface area contributed by atoms with E-state index in [2.05, 4.69) is 57.5 Å². The van der Waals surface area contributed by atoms with Gasteiger partial charge in [-0.15, -0.1) is 0 Å². The van der Waals surface area contributed by atoms with Crippen LogP contribution in [-0.4, -0.2) is 45.8 Å². The van der Waals surface area contributed by atoms with Crippen LogP contribution in [0.25, 0.3) is 5.65 Å². The van der Waals surface area contributed by atoms with E-state index in [9.17, 15) is 4.79 Å². The zero-order valence-corrected chi connectivity index (χ0v) is 22.6. The summed E-state index contributed by atoms with van der Waals surface area (Å²) in [4.78, 5) is 24.3. The molecule has 6 rings (SSSR count). The molecule has 2 N–H and O–H groups in total. The van der Waals surface area contributed by atoms with Gasteiger partial charge in [0.25, 0.3) is 0 Å². The van der Waals surface area contributed by atoms with E-state index in [1.54, 1.807) is 6.20 Å². The summed E-state index contributed by atoms with van der Waals surface area (Å²) in [6.07, 6.45) is 10.5. The molecule has 0 saturated heterocycles. The van der Waals surface area contributed by atoms with Crippen molar-refractivity contribution in [2.75, 3.05) is 31.3 Å². The molecule has 3 heterocycles. The van der Waals surface area contributed by atoms with Crippen LogP contribution < -0.4 is 10.6 Å². The van der Waals surface area contributed by atoms with Gasteiger partial charge in [-0.3, -0.25) is 4.79 Å². The largest absolute Gasteiger partial charge is 0.379 e. The number of imidazole rings is 1. The molecule has 1 aromatic carbocycles. The van der Waals surface area contributed by atoms with E-state index in [0.29, 0.717) is 23.3 Å². The molecule has 1 amide bonds. The highest BCUT2D eigenvalue weighted by atomic mass is 35.5. The van der Waals surface area contributed by atoms with Crippen LogP contribution in [0.1, 0.15) is 53.5 Å². The Balaban J connectivity index is 1.10. The van der Waals surface area contributed by atoms with Crippen LogP contribution in [-0.2, 0) is 17.8 Å². The second kappa shape index (κ2) is 10.4. The van der Waals surface area contributed by atoms with Crippen LogP contribution in [0, 0.1) is 5.92 Å². The molecular formula is C30H33ClN6O. The Morgan fingerprint density at radius 1 is 1.13 bits per heavy atom. The van der Waals surface area contributed by atoms with Crippen molar-refractivity contribution in [3.8, 4) is 0 Å². The zero-order chi connectivity index (χ0) is 26.2. The fourth-order valence-corrected chi connectivity index (χ4v) is 5.31. The van der Waals surface area contributed by atoms with E-state index in [1.807, 2.05) is 36.4 Å². The molecule has 196 valence electrons. The molecule has 2 aliphatic rings.